The average Bonchev–Trinajstić information content (AvgIpc) is 2.93. The lowest BCUT2D eigenvalue weighted by molar-refractivity contribution is -0.395. The molecular formula is C19H16ClN3O7. The van der Waals surface area contributed by atoms with Crippen molar-refractivity contribution in [2.45, 2.75) is 20.3 Å². The van der Waals surface area contributed by atoms with Crippen molar-refractivity contribution in [3.8, 4) is 11.4 Å². The summed E-state index contributed by atoms with van der Waals surface area (Å²) >= 11 is 5.93. The highest BCUT2D eigenvalue weighted by Gasteiger charge is 2.34. The smallest absolute Gasteiger partial charge is 0.342 e. The number of carbonyl (C=O) groups excluding carboxylic acids is 1. The van der Waals surface area contributed by atoms with Crippen LogP contribution in [0.25, 0.3) is 16.6 Å². The van der Waals surface area contributed by atoms with Gasteiger partial charge in [-0.05, 0) is 43.7 Å². The molecule has 0 aliphatic carbocycles. The number of esters is 1. The standard InChI is InChI=1S/C19H16ClN3O7/c1-3-30-16(24)9-13-10(2)21(12-6-4-11(20)5-7-12)17-14(13)8-15(22(26)27)19(25)18(17)23(28)29/h4-8,25H,3,9H2,1-2H3. The number of nitro groups is 2. The Morgan fingerprint density at radius 2 is 1.83 bits per heavy atom. The van der Waals surface area contributed by atoms with Gasteiger partial charge in [0.25, 0.3) is 5.75 Å². The highest BCUT2D eigenvalue weighted by molar-refractivity contribution is 6.30. The van der Waals surface area contributed by atoms with E-state index in [0.29, 0.717) is 22.0 Å². The van der Waals surface area contributed by atoms with Crippen LogP contribution >= 0.6 is 11.6 Å². The fourth-order valence-electron chi connectivity index (χ4n) is 3.39. The van der Waals surface area contributed by atoms with Crippen LogP contribution in [0.15, 0.2) is 30.3 Å². The number of benzene rings is 2. The van der Waals surface area contributed by atoms with E-state index in [-0.39, 0.29) is 23.9 Å². The predicted octanol–water partition coefficient (Wildman–Crippen LogP) is 4.22. The van der Waals surface area contributed by atoms with Crippen LogP contribution in [0.4, 0.5) is 11.4 Å². The molecule has 0 spiro atoms. The Morgan fingerprint density at radius 1 is 1.20 bits per heavy atom. The van der Waals surface area contributed by atoms with Crippen LogP contribution in [0.5, 0.6) is 5.75 Å². The Balaban J connectivity index is 2.47. The van der Waals surface area contributed by atoms with Crippen LogP contribution in [0.1, 0.15) is 18.2 Å². The normalized spacial score (nSPS) is 10.9. The van der Waals surface area contributed by atoms with Crippen LogP contribution in [0.3, 0.4) is 0 Å². The molecule has 0 amide bonds. The summed E-state index contributed by atoms with van der Waals surface area (Å²) in [6, 6.07) is 7.39. The predicted molar refractivity (Wildman–Crippen MR) is 108 cm³/mol. The Kier molecular flexibility index (Phi) is 5.61. The van der Waals surface area contributed by atoms with E-state index in [2.05, 4.69) is 0 Å². The third-order valence-electron chi connectivity index (χ3n) is 4.64. The number of ether oxygens (including phenoxy) is 1. The number of hydrogen-bond donors (Lipinski definition) is 1. The van der Waals surface area contributed by atoms with E-state index in [1.54, 1.807) is 38.1 Å². The van der Waals surface area contributed by atoms with Gasteiger partial charge < -0.3 is 14.4 Å². The number of phenols is 1. The van der Waals surface area contributed by atoms with Gasteiger partial charge in [-0.3, -0.25) is 25.0 Å². The van der Waals surface area contributed by atoms with Crippen molar-refractivity contribution in [2.75, 3.05) is 6.61 Å². The summed E-state index contributed by atoms with van der Waals surface area (Å²) < 4.78 is 6.44. The molecule has 1 aromatic heterocycles. The molecule has 1 N–H and O–H groups in total. The van der Waals surface area contributed by atoms with Crippen LogP contribution in [0, 0.1) is 27.2 Å². The monoisotopic (exact) mass is 433 g/mol. The maximum Gasteiger partial charge on any atom is 0.342 e. The number of aromatic nitrogens is 1. The lowest BCUT2D eigenvalue weighted by atomic mass is 10.1. The maximum atomic E-state index is 12.1. The van der Waals surface area contributed by atoms with Crippen molar-refractivity contribution < 1.29 is 24.5 Å². The molecule has 1 heterocycles. The first-order valence-corrected chi connectivity index (χ1v) is 9.15. The van der Waals surface area contributed by atoms with E-state index in [1.807, 2.05) is 0 Å². The number of phenolic OH excluding ortho intramolecular Hbond substituents is 1. The summed E-state index contributed by atoms with van der Waals surface area (Å²) in [7, 11) is 0. The van der Waals surface area contributed by atoms with Gasteiger partial charge in [-0.2, -0.15) is 0 Å². The quantitative estimate of drug-likeness (QED) is 0.349. The molecule has 0 saturated heterocycles. The minimum absolute atomic E-state index is 0.0674. The zero-order chi connectivity index (χ0) is 22.2. The average molecular weight is 434 g/mol. The number of nitrogens with zero attached hydrogens (tertiary/aromatic N) is 3. The minimum Gasteiger partial charge on any atom is -0.497 e. The Bertz CT molecular complexity index is 1190. The van der Waals surface area contributed by atoms with Gasteiger partial charge in [-0.15, -0.1) is 0 Å². The largest absolute Gasteiger partial charge is 0.497 e. The molecule has 30 heavy (non-hydrogen) atoms. The fraction of sp³-hybridized carbons (Fsp3) is 0.211. The van der Waals surface area contributed by atoms with Crippen molar-refractivity contribution in [1.29, 1.82) is 0 Å². The molecule has 2 aromatic carbocycles. The molecule has 0 bridgehead atoms. The van der Waals surface area contributed by atoms with Crippen molar-refractivity contribution in [3.05, 3.63) is 66.8 Å². The van der Waals surface area contributed by atoms with Gasteiger partial charge in [0.2, 0.25) is 0 Å². The number of fused-ring (bicyclic) bond motifs is 1. The minimum atomic E-state index is -1.06. The van der Waals surface area contributed by atoms with Crippen molar-refractivity contribution in [2.24, 2.45) is 0 Å². The highest BCUT2D eigenvalue weighted by atomic mass is 35.5. The second-order valence-corrected chi connectivity index (χ2v) is 6.80. The summed E-state index contributed by atoms with van der Waals surface area (Å²) in [5.74, 6) is -1.65. The van der Waals surface area contributed by atoms with E-state index >= 15 is 0 Å². The second-order valence-electron chi connectivity index (χ2n) is 6.36. The molecule has 0 saturated carbocycles. The van der Waals surface area contributed by atoms with Gasteiger partial charge in [0.1, 0.15) is 5.52 Å². The molecule has 11 heteroatoms. The van der Waals surface area contributed by atoms with Crippen LogP contribution in [-0.2, 0) is 16.0 Å². The zero-order valence-corrected chi connectivity index (χ0v) is 16.7. The number of aromatic hydroxyl groups is 1. The first kappa shape index (κ1) is 21.1. The summed E-state index contributed by atoms with van der Waals surface area (Å²) in [4.78, 5) is 33.5. The van der Waals surface area contributed by atoms with E-state index < -0.39 is 32.9 Å². The van der Waals surface area contributed by atoms with E-state index in [9.17, 15) is 30.1 Å². The molecule has 0 radical (unpaired) electrons. The Hall–Kier alpha value is -3.66. The Morgan fingerprint density at radius 3 is 2.37 bits per heavy atom. The molecule has 3 rings (SSSR count). The van der Waals surface area contributed by atoms with Gasteiger partial charge in [0.15, 0.2) is 0 Å². The fourth-order valence-corrected chi connectivity index (χ4v) is 3.52. The van der Waals surface area contributed by atoms with Gasteiger partial charge in [0, 0.05) is 27.9 Å². The highest BCUT2D eigenvalue weighted by Crippen LogP contribution is 2.45. The summed E-state index contributed by atoms with van der Waals surface area (Å²) in [5.41, 5.74) is -0.497. The van der Waals surface area contributed by atoms with Crippen molar-refractivity contribution in [1.82, 2.24) is 4.57 Å². The maximum absolute atomic E-state index is 12.1. The van der Waals surface area contributed by atoms with Gasteiger partial charge >= 0.3 is 17.3 Å². The molecule has 0 aliphatic heterocycles. The SMILES string of the molecule is CCOC(=O)Cc1c(C)n(-c2ccc(Cl)cc2)c2c([N+](=O)[O-])c(O)c([N+](=O)[O-])cc12. The second kappa shape index (κ2) is 7.99. The zero-order valence-electron chi connectivity index (χ0n) is 15.9. The van der Waals surface area contributed by atoms with Gasteiger partial charge in [-0.1, -0.05) is 11.6 Å². The van der Waals surface area contributed by atoms with Crippen LogP contribution in [0.2, 0.25) is 5.02 Å². The molecular weight excluding hydrogens is 418 g/mol. The van der Waals surface area contributed by atoms with Crippen molar-refractivity contribution in [3.63, 3.8) is 0 Å². The molecule has 0 fully saturated rings. The lowest BCUT2D eigenvalue weighted by Crippen LogP contribution is -2.08. The molecule has 156 valence electrons. The van der Waals surface area contributed by atoms with Gasteiger partial charge in [-0.25, -0.2) is 0 Å². The number of halogens is 1. The number of nitro benzene ring substituents is 2. The number of rotatable bonds is 6. The number of hydrogen-bond acceptors (Lipinski definition) is 7. The van der Waals surface area contributed by atoms with Crippen molar-refractivity contribution >= 4 is 39.8 Å². The molecule has 10 nitrogen and oxygen atoms in total. The van der Waals surface area contributed by atoms with Gasteiger partial charge in [0.05, 0.1) is 22.9 Å². The van der Waals surface area contributed by atoms with E-state index in [1.165, 1.54) is 4.57 Å². The summed E-state index contributed by atoms with van der Waals surface area (Å²) in [5, 5.41) is 34.0. The van der Waals surface area contributed by atoms with Crippen LogP contribution < -0.4 is 0 Å². The summed E-state index contributed by atoms with van der Waals surface area (Å²) in [6.07, 6.45) is -0.254. The first-order chi connectivity index (χ1) is 14.2. The molecule has 0 aliphatic rings. The molecule has 0 atom stereocenters. The molecule has 0 unspecified atom stereocenters. The molecule has 3 aromatic rings. The van der Waals surface area contributed by atoms with E-state index in [4.69, 9.17) is 16.3 Å². The first-order valence-electron chi connectivity index (χ1n) is 8.77. The van der Waals surface area contributed by atoms with E-state index in [0.717, 1.165) is 6.07 Å². The number of carbonyl (C=O) groups is 1. The Labute approximate surface area is 174 Å². The summed E-state index contributed by atoms with van der Waals surface area (Å²) in [6.45, 7) is 3.39. The third kappa shape index (κ3) is 3.52. The van der Waals surface area contributed by atoms with Crippen LogP contribution in [-0.4, -0.2) is 32.1 Å². The topological polar surface area (TPSA) is 138 Å². The third-order valence-corrected chi connectivity index (χ3v) is 4.89. The lowest BCUT2D eigenvalue weighted by Gasteiger charge is -2.10.